The summed E-state index contributed by atoms with van der Waals surface area (Å²) in [5.74, 6) is -0.0837. The number of amides is 2. The Labute approximate surface area is 384 Å². The van der Waals surface area contributed by atoms with Crippen LogP contribution in [0.1, 0.15) is 125 Å². The molecule has 0 spiro atoms. The second-order valence-electron chi connectivity index (χ2n) is 20.3. The number of hydrogen-bond acceptors (Lipinski definition) is 14. The van der Waals surface area contributed by atoms with Crippen LogP contribution in [0.5, 0.6) is 11.8 Å². The number of fused-ring (bicyclic) bond motifs is 8. The highest BCUT2D eigenvalue weighted by atomic mass is 19.1. The molecule has 2 amide bonds. The van der Waals surface area contributed by atoms with Gasteiger partial charge in [-0.15, -0.1) is 0 Å². The molecule has 4 aromatic heterocycles. The highest BCUT2D eigenvalue weighted by Gasteiger charge is 2.54. The van der Waals surface area contributed by atoms with E-state index in [2.05, 4.69) is 30.6 Å². The second kappa shape index (κ2) is 19.1. The molecule has 4 saturated heterocycles. The van der Waals surface area contributed by atoms with Gasteiger partial charge in [-0.05, 0) is 119 Å². The maximum Gasteiger partial charge on any atom is 0.408 e. The van der Waals surface area contributed by atoms with Gasteiger partial charge in [-0.1, -0.05) is 0 Å². The third-order valence-electron chi connectivity index (χ3n) is 12.4. The number of methoxy groups -OCH3 is 2. The number of ether oxygens (including phenoxy) is 6. The summed E-state index contributed by atoms with van der Waals surface area (Å²) < 4.78 is 60.7. The van der Waals surface area contributed by atoms with Gasteiger partial charge in [-0.25, -0.2) is 28.3 Å². The van der Waals surface area contributed by atoms with Crippen molar-refractivity contribution >= 4 is 40.0 Å². The van der Waals surface area contributed by atoms with E-state index in [9.17, 15) is 28.3 Å². The number of rotatable bonds is 9. The van der Waals surface area contributed by atoms with Crippen molar-refractivity contribution in [1.82, 2.24) is 30.6 Å². The molecule has 8 heterocycles. The molecule has 0 aromatic carbocycles. The Balaban J connectivity index is 0.000000184. The highest BCUT2D eigenvalue weighted by Crippen LogP contribution is 2.50. The first-order chi connectivity index (χ1) is 30.8. The van der Waals surface area contributed by atoms with E-state index < -0.39 is 45.7 Å². The van der Waals surface area contributed by atoms with Gasteiger partial charge in [0, 0.05) is 36.6 Å². The van der Waals surface area contributed by atoms with Gasteiger partial charge in [-0.3, -0.25) is 14.8 Å². The second-order valence-corrected chi connectivity index (χ2v) is 20.3. The number of Topliss-reactive ketones (excluding diaryl/α,β-unsaturated/α-hetero) is 1. The Morgan fingerprint density at radius 2 is 1.18 bits per heavy atom. The molecule has 3 N–H and O–H groups in total. The summed E-state index contributed by atoms with van der Waals surface area (Å²) in [5.41, 5.74) is -2.38. The van der Waals surface area contributed by atoms with Crippen molar-refractivity contribution in [3.8, 4) is 11.8 Å². The smallest absolute Gasteiger partial charge is 0.408 e. The summed E-state index contributed by atoms with van der Waals surface area (Å²) in [5, 5.41) is 17.5. The number of aliphatic hydroxyl groups is 1. The van der Waals surface area contributed by atoms with Crippen LogP contribution in [0.3, 0.4) is 0 Å². The van der Waals surface area contributed by atoms with E-state index in [0.29, 0.717) is 73.6 Å². The Bertz CT molecular complexity index is 2370. The predicted octanol–water partition coefficient (Wildman–Crippen LogP) is 8.33. The van der Waals surface area contributed by atoms with Gasteiger partial charge in [0.1, 0.15) is 34.1 Å². The summed E-state index contributed by atoms with van der Waals surface area (Å²) in [6.45, 7) is 15.0. The van der Waals surface area contributed by atoms with Crippen LogP contribution < -0.4 is 20.1 Å². The first-order valence-corrected chi connectivity index (χ1v) is 22.3. The van der Waals surface area contributed by atoms with Crippen molar-refractivity contribution in [2.24, 2.45) is 0 Å². The fourth-order valence-corrected chi connectivity index (χ4v) is 9.24. The standard InChI is InChI=1S/C24H32FN3O5.C15H25NO4.C9H7FN2O/c1-21(2,3)33-20(29)28-23-8-10-24(11-9-23,32-14-23)13-22(4,30)18-15(25)12-26-16-6-7-17(31-5)27-19(16)18;1-11(17)9-15-7-5-14(6-8-15,10-19-15)16-12(18)20-13(2,3)4;1-13-9-3-2-7-8(12-9)4-6(10)5-11-7/h6-7,12,30H,8-11,13-14H2,1-5H3,(H,28,29);5-10H2,1-4H3,(H,16,18);2-5H,1H3. The van der Waals surface area contributed by atoms with Crippen molar-refractivity contribution in [3.63, 3.8) is 0 Å². The SMILES string of the molecule is CC(=O)CC12CCC(NC(=O)OC(C)(C)C)(CC1)CO2.COc1ccc2ncc(F)c(C(C)(O)CC34CCC(NC(=O)OC(C)(C)C)(CC3)CO4)c2n1.COc1ccc2ncc(F)cc2n1. The largest absolute Gasteiger partial charge is 0.481 e. The number of nitrogens with zero attached hydrogens (tertiary/aromatic N) is 4. The molecule has 10 rings (SSSR count). The molecule has 0 radical (unpaired) electrons. The summed E-state index contributed by atoms with van der Waals surface area (Å²) >= 11 is 0. The molecule has 6 fully saturated rings. The predicted molar refractivity (Wildman–Crippen MR) is 240 cm³/mol. The molecule has 16 nitrogen and oxygen atoms in total. The fraction of sp³-hybridized carbons (Fsp3) is 0.604. The van der Waals surface area contributed by atoms with Gasteiger partial charge in [0.25, 0.3) is 0 Å². The van der Waals surface area contributed by atoms with E-state index >= 15 is 0 Å². The number of nitrogens with one attached hydrogen (secondary N) is 2. The molecule has 1 unspecified atom stereocenters. The van der Waals surface area contributed by atoms with E-state index in [1.54, 1.807) is 38.1 Å². The van der Waals surface area contributed by atoms with Crippen LogP contribution in [-0.2, 0) is 29.3 Å². The Kier molecular flexibility index (Phi) is 14.5. The quantitative estimate of drug-likeness (QED) is 0.145. The minimum Gasteiger partial charge on any atom is -0.481 e. The number of aromatic nitrogens is 4. The molecule has 4 aromatic rings. The van der Waals surface area contributed by atoms with Gasteiger partial charge < -0.3 is 44.2 Å². The van der Waals surface area contributed by atoms with Crippen LogP contribution >= 0.6 is 0 Å². The number of carbonyl (C=O) groups excluding carboxylic acids is 3. The first-order valence-electron chi connectivity index (χ1n) is 22.3. The van der Waals surface area contributed by atoms with Crippen LogP contribution in [0.15, 0.2) is 42.7 Å². The molecule has 360 valence electrons. The molecular formula is C48H64F2N6O10. The third-order valence-corrected chi connectivity index (χ3v) is 12.4. The third kappa shape index (κ3) is 12.4. The number of halogens is 2. The number of carbonyl (C=O) groups is 3. The Hall–Kier alpha value is -5.33. The maximum absolute atomic E-state index is 15.0. The van der Waals surface area contributed by atoms with Crippen molar-refractivity contribution < 1.29 is 56.7 Å². The Morgan fingerprint density at radius 1 is 0.697 bits per heavy atom. The summed E-state index contributed by atoms with van der Waals surface area (Å²) in [4.78, 5) is 51.9. The minimum atomic E-state index is -1.55. The number of ketones is 1. The number of alkyl carbamates (subject to hydrolysis) is 2. The molecule has 1 atom stereocenters. The zero-order valence-electron chi connectivity index (χ0n) is 39.7. The topological polar surface area (TPSA) is 202 Å². The fourth-order valence-electron chi connectivity index (χ4n) is 9.24. The lowest BCUT2D eigenvalue weighted by atomic mass is 9.67. The average Bonchev–Trinajstić information content (AvgIpc) is 3.23. The lowest BCUT2D eigenvalue weighted by Gasteiger charge is -2.54. The van der Waals surface area contributed by atoms with Crippen molar-refractivity contribution in [2.45, 2.75) is 159 Å². The average molecular weight is 923 g/mol. The molecule has 66 heavy (non-hydrogen) atoms. The van der Waals surface area contributed by atoms with E-state index in [4.69, 9.17) is 28.4 Å². The van der Waals surface area contributed by atoms with Crippen molar-refractivity contribution in [2.75, 3.05) is 27.4 Å². The number of hydrogen-bond donors (Lipinski definition) is 3. The summed E-state index contributed by atoms with van der Waals surface area (Å²) in [7, 11) is 2.99. The van der Waals surface area contributed by atoms with Gasteiger partial charge in [0.05, 0.1) is 84.3 Å². The van der Waals surface area contributed by atoms with Gasteiger partial charge in [0.15, 0.2) is 0 Å². The normalized spacial score (nSPS) is 25.3. The molecule has 4 bridgehead atoms. The molecule has 2 saturated carbocycles. The van der Waals surface area contributed by atoms with Crippen LogP contribution in [0.4, 0.5) is 18.4 Å². The van der Waals surface area contributed by atoms with Crippen LogP contribution in [0, 0.1) is 11.6 Å². The van der Waals surface area contributed by atoms with Gasteiger partial charge in [0.2, 0.25) is 11.8 Å². The van der Waals surface area contributed by atoms with Gasteiger partial charge >= 0.3 is 12.2 Å². The summed E-state index contributed by atoms with van der Waals surface area (Å²) in [6, 6.07) is 8.08. The maximum atomic E-state index is 15.0. The molecule has 4 aliphatic heterocycles. The zero-order chi connectivity index (χ0) is 48.3. The van der Waals surface area contributed by atoms with Crippen molar-refractivity contribution in [3.05, 3.63) is 59.9 Å². The zero-order valence-corrected chi connectivity index (χ0v) is 39.7. The monoisotopic (exact) mass is 922 g/mol. The van der Waals surface area contributed by atoms with E-state index in [0.717, 1.165) is 38.1 Å². The van der Waals surface area contributed by atoms with Crippen LogP contribution in [0.2, 0.25) is 0 Å². The minimum absolute atomic E-state index is 0.0821. The van der Waals surface area contributed by atoms with Crippen LogP contribution in [0.25, 0.3) is 22.1 Å². The van der Waals surface area contributed by atoms with E-state index in [1.807, 2.05) is 41.5 Å². The highest BCUT2D eigenvalue weighted by molar-refractivity contribution is 5.79. The Morgan fingerprint density at radius 3 is 1.65 bits per heavy atom. The van der Waals surface area contributed by atoms with E-state index in [1.165, 1.54) is 20.3 Å². The molecule has 18 heteroatoms. The molecule has 6 aliphatic rings. The lowest BCUT2D eigenvalue weighted by Crippen LogP contribution is -2.64. The van der Waals surface area contributed by atoms with Crippen molar-refractivity contribution in [1.29, 1.82) is 0 Å². The summed E-state index contributed by atoms with van der Waals surface area (Å²) in [6.07, 6.45) is 8.06. The van der Waals surface area contributed by atoms with Gasteiger partial charge in [-0.2, -0.15) is 0 Å². The lowest BCUT2D eigenvalue weighted by molar-refractivity contribution is -0.187. The molecule has 2 aliphatic carbocycles. The van der Waals surface area contributed by atoms with Crippen LogP contribution in [-0.4, -0.2) is 104 Å². The first kappa shape index (κ1) is 50.1. The van der Waals surface area contributed by atoms with E-state index in [-0.39, 0.29) is 40.5 Å². The molecular weight excluding hydrogens is 859 g/mol. The number of pyridine rings is 4.